The first-order valence-electron chi connectivity index (χ1n) is 9.75. The van der Waals surface area contributed by atoms with Gasteiger partial charge in [-0.25, -0.2) is 4.39 Å². The molecular formula is C22H26FN3OS. The molecule has 0 aliphatic carbocycles. The highest BCUT2D eigenvalue weighted by molar-refractivity contribution is 7.97. The number of hydrogen-bond donors (Lipinski definition) is 0. The van der Waals surface area contributed by atoms with E-state index in [2.05, 4.69) is 38.5 Å². The van der Waals surface area contributed by atoms with E-state index in [1.165, 1.54) is 22.6 Å². The summed E-state index contributed by atoms with van der Waals surface area (Å²) in [5.41, 5.74) is 2.28. The minimum absolute atomic E-state index is 0.175. The molecule has 4 rings (SSSR count). The molecule has 28 heavy (non-hydrogen) atoms. The maximum Gasteiger partial charge on any atom is 0.144 e. The van der Waals surface area contributed by atoms with Crippen molar-refractivity contribution in [2.75, 3.05) is 51.3 Å². The Kier molecular flexibility index (Phi) is 6.07. The predicted octanol–water partition coefficient (Wildman–Crippen LogP) is 4.31. The standard InChI is InChI=1S/C22H26FN3OS/c1-27-21-17-26(28-22-6-3-2-5-20(21)22)12-4-11-24-13-15-25(16-14-24)19-9-7-18(23)8-10-19/h2-3,5-10,17H,4,11-16H2,1H3. The number of anilines is 1. The molecule has 1 fully saturated rings. The Hall–Kier alpha value is -2.18. The second kappa shape index (κ2) is 8.88. The number of halogens is 1. The van der Waals surface area contributed by atoms with Crippen LogP contribution in [0.4, 0.5) is 10.1 Å². The molecule has 0 bridgehead atoms. The van der Waals surface area contributed by atoms with Gasteiger partial charge in [-0.05, 0) is 55.2 Å². The quantitative estimate of drug-likeness (QED) is 0.672. The fourth-order valence-corrected chi connectivity index (χ4v) is 4.74. The largest absolute Gasteiger partial charge is 0.495 e. The zero-order valence-corrected chi connectivity index (χ0v) is 17.0. The van der Waals surface area contributed by atoms with Crippen molar-refractivity contribution < 1.29 is 9.13 Å². The third-order valence-corrected chi connectivity index (χ3v) is 6.34. The van der Waals surface area contributed by atoms with Gasteiger partial charge in [0.15, 0.2) is 0 Å². The Morgan fingerprint density at radius 1 is 0.964 bits per heavy atom. The summed E-state index contributed by atoms with van der Waals surface area (Å²) in [5.74, 6) is 0.758. The maximum absolute atomic E-state index is 13.1. The molecule has 0 aromatic heterocycles. The lowest BCUT2D eigenvalue weighted by Crippen LogP contribution is -2.46. The summed E-state index contributed by atoms with van der Waals surface area (Å²) in [6.45, 7) is 6.16. The summed E-state index contributed by atoms with van der Waals surface area (Å²) in [5, 5.41) is 0. The molecule has 2 aliphatic rings. The third kappa shape index (κ3) is 4.45. The van der Waals surface area contributed by atoms with Crippen molar-refractivity contribution >= 4 is 23.4 Å². The topological polar surface area (TPSA) is 19.0 Å². The van der Waals surface area contributed by atoms with Gasteiger partial charge < -0.3 is 13.9 Å². The van der Waals surface area contributed by atoms with E-state index in [9.17, 15) is 4.39 Å². The number of nitrogens with zero attached hydrogens (tertiary/aromatic N) is 3. The van der Waals surface area contributed by atoms with Gasteiger partial charge in [0.25, 0.3) is 0 Å². The van der Waals surface area contributed by atoms with Gasteiger partial charge >= 0.3 is 0 Å². The van der Waals surface area contributed by atoms with Gasteiger partial charge in [-0.3, -0.25) is 4.90 Å². The molecule has 2 aromatic rings. The van der Waals surface area contributed by atoms with Crippen molar-refractivity contribution in [2.24, 2.45) is 0 Å². The van der Waals surface area contributed by atoms with Crippen molar-refractivity contribution in [1.29, 1.82) is 0 Å². The zero-order chi connectivity index (χ0) is 19.3. The highest BCUT2D eigenvalue weighted by Crippen LogP contribution is 2.36. The fourth-order valence-electron chi connectivity index (χ4n) is 3.71. The Labute approximate surface area is 170 Å². The van der Waals surface area contributed by atoms with E-state index >= 15 is 0 Å². The van der Waals surface area contributed by atoms with Crippen LogP contribution in [0.2, 0.25) is 0 Å². The first-order chi connectivity index (χ1) is 13.7. The van der Waals surface area contributed by atoms with Gasteiger partial charge in [0.05, 0.1) is 13.3 Å². The Balaban J connectivity index is 1.24. The first-order valence-corrected chi connectivity index (χ1v) is 10.5. The number of hydrogen-bond acceptors (Lipinski definition) is 5. The smallest absolute Gasteiger partial charge is 0.144 e. The van der Waals surface area contributed by atoms with Crippen LogP contribution in [0.3, 0.4) is 0 Å². The summed E-state index contributed by atoms with van der Waals surface area (Å²) in [7, 11) is 1.73. The number of piperazine rings is 1. The predicted molar refractivity (Wildman–Crippen MR) is 114 cm³/mol. The van der Waals surface area contributed by atoms with Crippen LogP contribution in [-0.2, 0) is 4.74 Å². The molecule has 0 saturated carbocycles. The van der Waals surface area contributed by atoms with E-state index in [1.807, 2.05) is 18.2 Å². The van der Waals surface area contributed by atoms with Gasteiger partial charge in [-0.2, -0.15) is 0 Å². The van der Waals surface area contributed by atoms with Crippen LogP contribution >= 0.6 is 11.9 Å². The van der Waals surface area contributed by atoms with Crippen LogP contribution < -0.4 is 4.90 Å². The molecule has 0 N–H and O–H groups in total. The fraction of sp³-hybridized carbons (Fsp3) is 0.364. The molecule has 0 spiro atoms. The molecular weight excluding hydrogens is 373 g/mol. The van der Waals surface area contributed by atoms with Gasteiger partial charge in [0.1, 0.15) is 11.6 Å². The monoisotopic (exact) mass is 399 g/mol. The molecule has 0 radical (unpaired) electrons. The Morgan fingerprint density at radius 2 is 1.71 bits per heavy atom. The minimum atomic E-state index is -0.175. The normalized spacial score (nSPS) is 17.3. The minimum Gasteiger partial charge on any atom is -0.495 e. The van der Waals surface area contributed by atoms with Crippen molar-refractivity contribution in [1.82, 2.24) is 9.21 Å². The third-order valence-electron chi connectivity index (χ3n) is 5.27. The van der Waals surface area contributed by atoms with Crippen molar-refractivity contribution in [2.45, 2.75) is 11.3 Å². The zero-order valence-electron chi connectivity index (χ0n) is 16.2. The van der Waals surface area contributed by atoms with Crippen LogP contribution in [0.5, 0.6) is 0 Å². The molecule has 6 heteroatoms. The molecule has 2 aromatic carbocycles. The van der Waals surface area contributed by atoms with E-state index in [-0.39, 0.29) is 5.82 Å². The Morgan fingerprint density at radius 3 is 2.46 bits per heavy atom. The molecule has 0 atom stereocenters. The second-order valence-electron chi connectivity index (χ2n) is 7.08. The lowest BCUT2D eigenvalue weighted by molar-refractivity contribution is 0.251. The molecule has 148 valence electrons. The molecule has 2 aliphatic heterocycles. The van der Waals surface area contributed by atoms with Crippen LogP contribution in [0.1, 0.15) is 12.0 Å². The number of fused-ring (bicyclic) bond motifs is 1. The van der Waals surface area contributed by atoms with Crippen LogP contribution in [0, 0.1) is 5.82 Å². The highest BCUT2D eigenvalue weighted by Gasteiger charge is 2.20. The van der Waals surface area contributed by atoms with Gasteiger partial charge in [0, 0.05) is 48.9 Å². The van der Waals surface area contributed by atoms with Gasteiger partial charge in [-0.1, -0.05) is 18.2 Å². The van der Waals surface area contributed by atoms with Crippen molar-refractivity contribution in [3.63, 3.8) is 0 Å². The number of ether oxygens (including phenoxy) is 1. The maximum atomic E-state index is 13.1. The average molecular weight is 400 g/mol. The number of methoxy groups -OCH3 is 1. The highest BCUT2D eigenvalue weighted by atomic mass is 32.2. The molecule has 1 saturated heterocycles. The average Bonchev–Trinajstić information content (AvgIpc) is 2.74. The van der Waals surface area contributed by atoms with Crippen LogP contribution in [0.15, 0.2) is 59.6 Å². The second-order valence-corrected chi connectivity index (χ2v) is 8.18. The lowest BCUT2D eigenvalue weighted by atomic mass is 10.2. The number of rotatable bonds is 6. The summed E-state index contributed by atoms with van der Waals surface area (Å²) in [6.07, 6.45) is 3.22. The summed E-state index contributed by atoms with van der Waals surface area (Å²) < 4.78 is 20.9. The SMILES string of the molecule is COC1=CN(CCCN2CCN(c3ccc(F)cc3)CC2)Sc2ccccc21. The summed E-state index contributed by atoms with van der Waals surface area (Å²) in [4.78, 5) is 6.10. The molecule has 0 unspecified atom stereocenters. The van der Waals surface area contributed by atoms with Crippen LogP contribution in [-0.4, -0.2) is 55.6 Å². The van der Waals surface area contributed by atoms with E-state index in [0.29, 0.717) is 0 Å². The van der Waals surface area contributed by atoms with E-state index in [4.69, 9.17) is 4.74 Å². The number of benzene rings is 2. The van der Waals surface area contributed by atoms with Gasteiger partial charge in [0.2, 0.25) is 0 Å². The van der Waals surface area contributed by atoms with Crippen molar-refractivity contribution in [3.8, 4) is 0 Å². The van der Waals surface area contributed by atoms with Crippen LogP contribution in [0.25, 0.3) is 5.76 Å². The lowest BCUT2D eigenvalue weighted by Gasteiger charge is -2.36. The molecule has 0 amide bonds. The van der Waals surface area contributed by atoms with E-state index < -0.39 is 0 Å². The first kappa shape index (κ1) is 19.2. The van der Waals surface area contributed by atoms with E-state index in [1.54, 1.807) is 19.1 Å². The summed E-state index contributed by atoms with van der Waals surface area (Å²) in [6, 6.07) is 15.2. The van der Waals surface area contributed by atoms with Gasteiger partial charge in [-0.15, -0.1) is 0 Å². The van der Waals surface area contributed by atoms with Crippen molar-refractivity contribution in [3.05, 3.63) is 66.1 Å². The molecule has 2 heterocycles. The molecule has 4 nitrogen and oxygen atoms in total. The summed E-state index contributed by atoms with van der Waals surface area (Å²) >= 11 is 1.78. The Bertz CT molecular complexity index is 819. The van der Waals surface area contributed by atoms with E-state index in [0.717, 1.165) is 57.1 Å².